The predicted molar refractivity (Wildman–Crippen MR) is 66.9 cm³/mol. The second-order valence-corrected chi connectivity index (χ2v) is 6.29. The van der Waals surface area contributed by atoms with Crippen LogP contribution in [0, 0.1) is 11.6 Å². The minimum absolute atomic E-state index is 0.0180. The highest BCUT2D eigenvalue weighted by molar-refractivity contribution is 7.89. The normalized spacial score (nSPS) is 13.8. The molecule has 0 heterocycles. The third kappa shape index (κ3) is 3.62. The smallest absolute Gasteiger partial charge is 0.245 e. The molecule has 1 aromatic carbocycles. The highest BCUT2D eigenvalue weighted by Gasteiger charge is 2.27. The van der Waals surface area contributed by atoms with E-state index in [0.29, 0.717) is 6.07 Å². The van der Waals surface area contributed by atoms with Gasteiger partial charge in [0, 0.05) is 19.3 Å². The monoisotopic (exact) mass is 294 g/mol. The van der Waals surface area contributed by atoms with E-state index in [-0.39, 0.29) is 18.7 Å². The van der Waals surface area contributed by atoms with Crippen LogP contribution in [0.15, 0.2) is 17.0 Å². The lowest BCUT2D eigenvalue weighted by atomic mass is 10.3. The van der Waals surface area contributed by atoms with Crippen LogP contribution in [0.1, 0.15) is 13.3 Å². The van der Waals surface area contributed by atoms with Crippen LogP contribution in [0.5, 0.6) is 0 Å². The Morgan fingerprint density at radius 1 is 1.42 bits per heavy atom. The summed E-state index contributed by atoms with van der Waals surface area (Å²) in [5, 5.41) is 9.10. The van der Waals surface area contributed by atoms with Gasteiger partial charge in [-0.1, -0.05) is 0 Å². The van der Waals surface area contributed by atoms with Crippen LogP contribution in [0.3, 0.4) is 0 Å². The topological polar surface area (TPSA) is 83.6 Å². The first-order valence-corrected chi connectivity index (χ1v) is 6.99. The van der Waals surface area contributed by atoms with E-state index >= 15 is 0 Å². The van der Waals surface area contributed by atoms with Crippen molar-refractivity contribution in [1.29, 1.82) is 0 Å². The van der Waals surface area contributed by atoms with E-state index in [1.807, 2.05) is 0 Å². The molecule has 0 aliphatic heterocycles. The average molecular weight is 294 g/mol. The van der Waals surface area contributed by atoms with Crippen LogP contribution in [-0.2, 0) is 10.0 Å². The van der Waals surface area contributed by atoms with Crippen molar-refractivity contribution in [2.45, 2.75) is 24.3 Å². The number of sulfonamides is 1. The molecule has 0 saturated carbocycles. The van der Waals surface area contributed by atoms with Crippen molar-refractivity contribution in [3.63, 3.8) is 0 Å². The molecule has 8 heteroatoms. The molecule has 1 atom stereocenters. The molecule has 0 aliphatic carbocycles. The maximum Gasteiger partial charge on any atom is 0.245 e. The van der Waals surface area contributed by atoms with Crippen LogP contribution < -0.4 is 5.73 Å². The van der Waals surface area contributed by atoms with Crippen molar-refractivity contribution in [2.75, 3.05) is 19.3 Å². The van der Waals surface area contributed by atoms with Crippen molar-refractivity contribution in [3.05, 3.63) is 23.8 Å². The Kier molecular flexibility index (Phi) is 4.83. The van der Waals surface area contributed by atoms with E-state index in [4.69, 9.17) is 10.8 Å². The molecule has 0 amide bonds. The summed E-state index contributed by atoms with van der Waals surface area (Å²) < 4.78 is 51.7. The van der Waals surface area contributed by atoms with Crippen molar-refractivity contribution in [3.8, 4) is 0 Å². The first kappa shape index (κ1) is 15.8. The molecule has 0 spiro atoms. The van der Waals surface area contributed by atoms with Gasteiger partial charge in [-0.3, -0.25) is 0 Å². The van der Waals surface area contributed by atoms with Gasteiger partial charge in [0.1, 0.15) is 4.90 Å². The Hall–Kier alpha value is -1.25. The zero-order valence-electron chi connectivity index (χ0n) is 10.6. The Labute approximate surface area is 110 Å². The fourth-order valence-corrected chi connectivity index (χ4v) is 2.72. The number of aliphatic hydroxyl groups is 1. The zero-order chi connectivity index (χ0) is 14.8. The number of nitrogens with two attached hydrogens (primary N) is 1. The van der Waals surface area contributed by atoms with Crippen LogP contribution in [0.2, 0.25) is 0 Å². The lowest BCUT2D eigenvalue weighted by Gasteiger charge is -2.18. The van der Waals surface area contributed by atoms with E-state index in [1.165, 1.54) is 14.0 Å². The molecule has 108 valence electrons. The highest BCUT2D eigenvalue weighted by atomic mass is 32.2. The van der Waals surface area contributed by atoms with Gasteiger partial charge in [0.25, 0.3) is 0 Å². The second-order valence-electron chi connectivity index (χ2n) is 4.28. The molecule has 1 unspecified atom stereocenters. The first-order chi connectivity index (χ1) is 8.66. The molecular formula is C11H16F2N2O3S. The number of aliphatic hydroxyl groups excluding tert-OH is 1. The zero-order valence-corrected chi connectivity index (χ0v) is 11.4. The van der Waals surface area contributed by atoms with Gasteiger partial charge in [0.15, 0.2) is 11.6 Å². The molecule has 19 heavy (non-hydrogen) atoms. The lowest BCUT2D eigenvalue weighted by Crippen LogP contribution is -2.30. The molecule has 0 fully saturated rings. The van der Waals surface area contributed by atoms with Gasteiger partial charge in [-0.25, -0.2) is 21.5 Å². The first-order valence-electron chi connectivity index (χ1n) is 5.55. The van der Waals surface area contributed by atoms with Gasteiger partial charge in [0.2, 0.25) is 10.0 Å². The summed E-state index contributed by atoms with van der Waals surface area (Å²) in [5.74, 6) is -2.78. The number of nitrogens with zero attached hydrogens (tertiary/aromatic N) is 1. The Balaban J connectivity index is 3.13. The third-order valence-corrected chi connectivity index (χ3v) is 4.42. The summed E-state index contributed by atoms with van der Waals surface area (Å²) in [6.07, 6.45) is -0.512. The minimum atomic E-state index is -4.18. The number of nitrogen functional groups attached to an aromatic ring is 1. The van der Waals surface area contributed by atoms with E-state index in [9.17, 15) is 17.2 Å². The Bertz CT molecular complexity index is 561. The molecule has 0 radical (unpaired) electrons. The predicted octanol–water partition coefficient (Wildman–Crippen LogP) is 0.938. The van der Waals surface area contributed by atoms with Gasteiger partial charge < -0.3 is 10.8 Å². The SMILES string of the molecule is CC(O)CCN(C)S(=O)(=O)c1cc(N)cc(F)c1F. The number of anilines is 1. The Morgan fingerprint density at radius 2 is 2.00 bits per heavy atom. The number of hydrogen-bond acceptors (Lipinski definition) is 4. The standard InChI is InChI=1S/C11H16F2N2O3S/c1-7(16)3-4-15(2)19(17,18)10-6-8(14)5-9(12)11(10)13/h5-7,16H,3-4,14H2,1-2H3. The second kappa shape index (κ2) is 5.81. The number of hydrogen-bond donors (Lipinski definition) is 2. The van der Waals surface area contributed by atoms with Gasteiger partial charge >= 0.3 is 0 Å². The molecule has 0 bridgehead atoms. The van der Waals surface area contributed by atoms with E-state index in [0.717, 1.165) is 10.4 Å². The molecule has 0 saturated heterocycles. The molecule has 5 nitrogen and oxygen atoms in total. The molecule has 0 aliphatic rings. The summed E-state index contributed by atoms with van der Waals surface area (Å²) >= 11 is 0. The van der Waals surface area contributed by atoms with Crippen molar-refractivity contribution in [1.82, 2.24) is 4.31 Å². The van der Waals surface area contributed by atoms with E-state index in [1.54, 1.807) is 0 Å². The summed E-state index contributed by atoms with van der Waals surface area (Å²) in [6.45, 7) is 1.48. The van der Waals surface area contributed by atoms with Crippen LogP contribution in [0.25, 0.3) is 0 Å². The van der Waals surface area contributed by atoms with Gasteiger partial charge in [-0.15, -0.1) is 0 Å². The summed E-state index contributed by atoms with van der Waals surface area (Å²) in [6, 6.07) is 1.58. The summed E-state index contributed by atoms with van der Waals surface area (Å²) in [4.78, 5) is -0.807. The molecule has 0 aromatic heterocycles. The van der Waals surface area contributed by atoms with Gasteiger partial charge in [0.05, 0.1) is 6.10 Å². The molecule has 1 rings (SSSR count). The van der Waals surface area contributed by atoms with Crippen molar-refractivity contribution in [2.24, 2.45) is 0 Å². The average Bonchev–Trinajstić information content (AvgIpc) is 2.30. The summed E-state index contributed by atoms with van der Waals surface area (Å²) in [5.41, 5.74) is 5.14. The fourth-order valence-electron chi connectivity index (χ4n) is 1.43. The molecule has 1 aromatic rings. The lowest BCUT2D eigenvalue weighted by molar-refractivity contribution is 0.177. The van der Waals surface area contributed by atoms with E-state index < -0.39 is 32.7 Å². The van der Waals surface area contributed by atoms with Crippen LogP contribution in [0.4, 0.5) is 14.5 Å². The number of halogens is 2. The van der Waals surface area contributed by atoms with E-state index in [2.05, 4.69) is 0 Å². The Morgan fingerprint density at radius 3 is 2.53 bits per heavy atom. The number of benzene rings is 1. The largest absolute Gasteiger partial charge is 0.399 e. The maximum absolute atomic E-state index is 13.6. The number of rotatable bonds is 5. The molecular weight excluding hydrogens is 278 g/mol. The quantitative estimate of drug-likeness (QED) is 0.792. The minimum Gasteiger partial charge on any atom is -0.399 e. The van der Waals surface area contributed by atoms with Crippen molar-refractivity contribution >= 4 is 15.7 Å². The maximum atomic E-state index is 13.6. The van der Waals surface area contributed by atoms with Crippen molar-refractivity contribution < 1.29 is 22.3 Å². The van der Waals surface area contributed by atoms with Crippen LogP contribution >= 0.6 is 0 Å². The fraction of sp³-hybridized carbons (Fsp3) is 0.455. The van der Waals surface area contributed by atoms with Gasteiger partial charge in [-0.2, -0.15) is 0 Å². The van der Waals surface area contributed by atoms with Gasteiger partial charge in [-0.05, 0) is 25.5 Å². The highest BCUT2D eigenvalue weighted by Crippen LogP contribution is 2.23. The third-order valence-electron chi connectivity index (χ3n) is 2.57. The summed E-state index contributed by atoms with van der Waals surface area (Å²) in [7, 11) is -2.96. The van der Waals surface area contributed by atoms with Crippen LogP contribution in [-0.4, -0.2) is 37.5 Å². The molecule has 3 N–H and O–H groups in total.